The zero-order valence-corrected chi connectivity index (χ0v) is 29.1. The molecule has 8 nitrogen and oxygen atoms in total. The van der Waals surface area contributed by atoms with Crippen LogP contribution in [0.5, 0.6) is 5.75 Å². The van der Waals surface area contributed by atoms with Crippen LogP contribution in [0.15, 0.2) is 78.4 Å². The zero-order valence-electron chi connectivity index (χ0n) is 26.0. The van der Waals surface area contributed by atoms with Gasteiger partial charge >= 0.3 is 0 Å². The third kappa shape index (κ3) is 4.43. The molecule has 3 saturated heterocycles. The molecular formula is C37H34BrCl2N3O5. The average Bonchev–Trinajstić information content (AvgIpc) is 3.43. The monoisotopic (exact) mass is 749 g/mol. The predicted molar refractivity (Wildman–Crippen MR) is 186 cm³/mol. The van der Waals surface area contributed by atoms with Gasteiger partial charge in [0, 0.05) is 37.2 Å². The van der Waals surface area contributed by atoms with Gasteiger partial charge in [-0.15, -0.1) is 23.2 Å². The summed E-state index contributed by atoms with van der Waals surface area (Å²) in [6.45, 7) is 2.34. The Balaban J connectivity index is 1.17. The van der Waals surface area contributed by atoms with Crippen LogP contribution in [0.4, 0.5) is 0 Å². The van der Waals surface area contributed by atoms with Crippen molar-refractivity contribution in [1.82, 2.24) is 14.7 Å². The van der Waals surface area contributed by atoms with E-state index in [0.717, 1.165) is 29.9 Å². The number of rotatable bonds is 5. The van der Waals surface area contributed by atoms with Crippen LogP contribution in [0.25, 0.3) is 10.8 Å². The molecule has 3 heterocycles. The van der Waals surface area contributed by atoms with Crippen molar-refractivity contribution < 1.29 is 24.3 Å². The molecule has 0 spiro atoms. The van der Waals surface area contributed by atoms with Gasteiger partial charge in [-0.1, -0.05) is 88.2 Å². The van der Waals surface area contributed by atoms with Crippen molar-refractivity contribution in [3.05, 3.63) is 89.5 Å². The highest BCUT2D eigenvalue weighted by Crippen LogP contribution is 2.66. The summed E-state index contributed by atoms with van der Waals surface area (Å²) in [6.07, 6.45) is 3.49. The van der Waals surface area contributed by atoms with Gasteiger partial charge in [0.1, 0.15) is 5.75 Å². The summed E-state index contributed by atoms with van der Waals surface area (Å²) in [6, 6.07) is 20.8. The molecule has 248 valence electrons. The summed E-state index contributed by atoms with van der Waals surface area (Å²) in [5.41, 5.74) is 2.18. The van der Waals surface area contributed by atoms with Gasteiger partial charge in [0.2, 0.25) is 11.8 Å². The number of carbonyl (C=O) groups excluding carboxylic acids is 4. The van der Waals surface area contributed by atoms with Gasteiger partial charge in [0.25, 0.3) is 11.8 Å². The maximum atomic E-state index is 14.5. The first-order valence-electron chi connectivity index (χ1n) is 16.4. The number of carbonyl (C=O) groups is 4. The van der Waals surface area contributed by atoms with Crippen molar-refractivity contribution in [2.75, 3.05) is 18.5 Å². The molecule has 0 aromatic heterocycles. The van der Waals surface area contributed by atoms with Gasteiger partial charge in [0.15, 0.2) is 9.75 Å². The molecule has 1 N–H and O–H groups in total. The molecule has 3 aromatic carbocycles. The number of phenols is 1. The number of hydrogen-bond donors (Lipinski definition) is 1. The summed E-state index contributed by atoms with van der Waals surface area (Å²) in [5.74, 6) is -4.84. The van der Waals surface area contributed by atoms with Crippen LogP contribution in [-0.4, -0.2) is 77.8 Å². The van der Waals surface area contributed by atoms with Crippen molar-refractivity contribution in [3.63, 3.8) is 0 Å². The van der Waals surface area contributed by atoms with Crippen LogP contribution in [0.1, 0.15) is 42.7 Å². The molecule has 3 aromatic rings. The summed E-state index contributed by atoms with van der Waals surface area (Å²) in [5, 5.41) is 13.0. The van der Waals surface area contributed by atoms with E-state index in [-0.39, 0.29) is 35.5 Å². The normalized spacial score (nSPS) is 32.4. The van der Waals surface area contributed by atoms with E-state index in [0.29, 0.717) is 35.8 Å². The number of nitrogens with zero attached hydrogens (tertiary/aromatic N) is 3. The van der Waals surface area contributed by atoms with Crippen molar-refractivity contribution in [1.29, 1.82) is 0 Å². The van der Waals surface area contributed by atoms with Gasteiger partial charge in [-0.3, -0.25) is 33.9 Å². The first-order valence-corrected chi connectivity index (χ1v) is 18.3. The van der Waals surface area contributed by atoms with Crippen LogP contribution >= 0.6 is 39.1 Å². The summed E-state index contributed by atoms with van der Waals surface area (Å²) in [4.78, 5) is 57.8. The quantitative estimate of drug-likeness (QED) is 0.151. The van der Waals surface area contributed by atoms with Crippen LogP contribution in [0.2, 0.25) is 0 Å². The second-order valence-electron chi connectivity index (χ2n) is 13.7. The number of hydrogen-bond acceptors (Lipinski definition) is 6. The average molecular weight is 752 g/mol. The maximum absolute atomic E-state index is 14.5. The van der Waals surface area contributed by atoms with E-state index in [1.165, 1.54) is 10.5 Å². The highest BCUT2D eigenvalue weighted by atomic mass is 79.9. The number of benzene rings is 3. The Bertz CT molecular complexity index is 1900. The van der Waals surface area contributed by atoms with E-state index in [9.17, 15) is 24.3 Å². The first-order chi connectivity index (χ1) is 23.1. The summed E-state index contributed by atoms with van der Waals surface area (Å²) < 4.78 is 0. The number of fused-ring (bicyclic) bond motifs is 5. The molecule has 11 heteroatoms. The molecule has 0 bridgehead atoms. The van der Waals surface area contributed by atoms with Crippen molar-refractivity contribution >= 4 is 73.5 Å². The third-order valence-corrected chi connectivity index (χ3v) is 13.4. The second kappa shape index (κ2) is 11.7. The Hall–Kier alpha value is -3.24. The Morgan fingerprint density at radius 2 is 1.56 bits per heavy atom. The lowest BCUT2D eigenvalue weighted by Gasteiger charge is -2.51. The van der Waals surface area contributed by atoms with Gasteiger partial charge in [-0.05, 0) is 54.0 Å². The van der Waals surface area contributed by atoms with Gasteiger partial charge < -0.3 is 5.11 Å². The number of likely N-dealkylation sites (tertiary alicyclic amines) is 3. The fraction of sp³-hybridized carbons (Fsp3) is 0.405. The second-order valence-corrected chi connectivity index (χ2v) is 15.5. The molecule has 48 heavy (non-hydrogen) atoms. The zero-order chi connectivity index (χ0) is 33.5. The topological polar surface area (TPSA) is 98.2 Å². The number of halogens is 3. The van der Waals surface area contributed by atoms with Gasteiger partial charge in [-0.2, -0.15) is 0 Å². The van der Waals surface area contributed by atoms with Crippen molar-refractivity contribution in [3.8, 4) is 5.75 Å². The highest BCUT2D eigenvalue weighted by Gasteiger charge is 2.76. The van der Waals surface area contributed by atoms with E-state index in [1.807, 2.05) is 48.5 Å². The SMILES string of the molecule is O=C1C2CC=C3C(CC4(Cl)C(=O)N(CBr)C(=O)C4(Cl)C3c3c(O)ccc4ccccc34)C2C(=O)N1C1CCN(Cc2ccccc2)CC1. The number of amides is 4. The number of phenolic OH excluding ortho intramolecular Hbond substituents is 1. The van der Waals surface area contributed by atoms with E-state index in [2.05, 4.69) is 33.0 Å². The molecule has 2 aliphatic carbocycles. The fourth-order valence-corrected chi connectivity index (χ4v) is 10.6. The minimum Gasteiger partial charge on any atom is -0.508 e. The van der Waals surface area contributed by atoms with Crippen molar-refractivity contribution in [2.45, 2.75) is 53.9 Å². The van der Waals surface area contributed by atoms with E-state index in [1.54, 1.807) is 12.1 Å². The van der Waals surface area contributed by atoms with E-state index < -0.39 is 45.2 Å². The smallest absolute Gasteiger partial charge is 0.254 e. The molecule has 4 fully saturated rings. The minimum atomic E-state index is -1.98. The largest absolute Gasteiger partial charge is 0.508 e. The lowest BCUT2D eigenvalue weighted by Crippen LogP contribution is -2.60. The number of alkyl halides is 3. The van der Waals surface area contributed by atoms with Crippen LogP contribution in [0.3, 0.4) is 0 Å². The third-order valence-electron chi connectivity index (χ3n) is 11.5. The van der Waals surface area contributed by atoms with Crippen LogP contribution in [-0.2, 0) is 25.7 Å². The molecule has 1 saturated carbocycles. The highest BCUT2D eigenvalue weighted by molar-refractivity contribution is 9.09. The number of aromatic hydroxyl groups is 1. The van der Waals surface area contributed by atoms with E-state index >= 15 is 0 Å². The molecular weight excluding hydrogens is 717 g/mol. The first kappa shape index (κ1) is 32.0. The molecule has 6 unspecified atom stereocenters. The van der Waals surface area contributed by atoms with Crippen LogP contribution < -0.4 is 0 Å². The predicted octanol–water partition coefficient (Wildman–Crippen LogP) is 5.92. The summed E-state index contributed by atoms with van der Waals surface area (Å²) >= 11 is 18.1. The Labute approximate surface area is 296 Å². The molecule has 6 atom stereocenters. The summed E-state index contributed by atoms with van der Waals surface area (Å²) in [7, 11) is 0. The number of imide groups is 2. The number of piperidine rings is 1. The number of allylic oxidation sites excluding steroid dienone is 2. The van der Waals surface area contributed by atoms with E-state index in [4.69, 9.17) is 23.2 Å². The standard InChI is InChI=1S/C37H34BrCl2N3O5/c38-20-42-34(47)36(39)18-27-25(31(37(36,40)35(42)48)30-24-9-5-4-8-22(24)10-13-28(30)44)11-12-26-29(27)33(46)43(32(26)45)23-14-16-41(17-15-23)19-21-6-2-1-3-7-21/h1-11,13,23,26-27,29,31,44H,12,14-20H2. The Morgan fingerprint density at radius 3 is 2.29 bits per heavy atom. The van der Waals surface area contributed by atoms with Gasteiger partial charge in [0.05, 0.1) is 17.3 Å². The Kier molecular flexibility index (Phi) is 7.79. The molecule has 8 rings (SSSR count). The van der Waals surface area contributed by atoms with Crippen LogP contribution in [0, 0.1) is 17.8 Å². The fourth-order valence-electron chi connectivity index (χ4n) is 9.22. The Morgan fingerprint density at radius 1 is 0.854 bits per heavy atom. The van der Waals surface area contributed by atoms with Gasteiger partial charge in [-0.25, -0.2) is 0 Å². The molecule has 5 aliphatic rings. The molecule has 3 aliphatic heterocycles. The minimum absolute atomic E-state index is 0.0798. The van der Waals surface area contributed by atoms with Crippen molar-refractivity contribution in [2.24, 2.45) is 17.8 Å². The molecule has 4 amide bonds. The maximum Gasteiger partial charge on any atom is 0.254 e. The lowest BCUT2D eigenvalue weighted by atomic mass is 9.56. The lowest BCUT2D eigenvalue weighted by molar-refractivity contribution is -0.144. The molecule has 0 radical (unpaired) electrons.